The zero-order valence-electron chi connectivity index (χ0n) is 10.2. The third-order valence-electron chi connectivity index (χ3n) is 2.95. The summed E-state index contributed by atoms with van der Waals surface area (Å²) in [6.45, 7) is 2.62. The van der Waals surface area contributed by atoms with Gasteiger partial charge in [-0.05, 0) is 43.4 Å². The van der Waals surface area contributed by atoms with Gasteiger partial charge in [0, 0.05) is 6.04 Å². The van der Waals surface area contributed by atoms with E-state index in [4.69, 9.17) is 10.5 Å². The summed E-state index contributed by atoms with van der Waals surface area (Å²) in [7, 11) is 0. The molecule has 1 aromatic rings. The van der Waals surface area contributed by atoms with Crippen LogP contribution in [0.4, 0.5) is 11.4 Å². The Morgan fingerprint density at radius 1 is 1.41 bits per heavy atom. The lowest BCUT2D eigenvalue weighted by Gasteiger charge is -2.24. The third kappa shape index (κ3) is 3.22. The number of anilines is 2. The zero-order chi connectivity index (χ0) is 12.1. The summed E-state index contributed by atoms with van der Waals surface area (Å²) in [5.74, 6) is 3.26. The SMILES string of the molecule is CCOc1cccc(NC2CCSCC2)c1N. The minimum atomic E-state index is 0.551. The van der Waals surface area contributed by atoms with Gasteiger partial charge in [0.15, 0.2) is 0 Å². The maximum atomic E-state index is 6.09. The Morgan fingerprint density at radius 2 is 2.18 bits per heavy atom. The van der Waals surface area contributed by atoms with Gasteiger partial charge in [0.25, 0.3) is 0 Å². The molecule has 17 heavy (non-hydrogen) atoms. The summed E-state index contributed by atoms with van der Waals surface area (Å²) in [5, 5.41) is 3.53. The van der Waals surface area contributed by atoms with Crippen LogP contribution >= 0.6 is 11.8 Å². The van der Waals surface area contributed by atoms with Crippen LogP contribution < -0.4 is 15.8 Å². The Kier molecular flexibility index (Phi) is 4.42. The van der Waals surface area contributed by atoms with Crippen LogP contribution in [0.5, 0.6) is 5.75 Å². The molecule has 0 radical (unpaired) electrons. The minimum Gasteiger partial charge on any atom is -0.492 e. The molecule has 0 aliphatic carbocycles. The summed E-state index contributed by atoms with van der Waals surface area (Å²) in [5.41, 5.74) is 7.83. The van der Waals surface area contributed by atoms with Crippen LogP contribution in [0.1, 0.15) is 19.8 Å². The van der Waals surface area contributed by atoms with Crippen LogP contribution in [0, 0.1) is 0 Å². The lowest BCUT2D eigenvalue weighted by Crippen LogP contribution is -2.25. The van der Waals surface area contributed by atoms with Crippen LogP contribution in [0.25, 0.3) is 0 Å². The molecule has 2 rings (SSSR count). The molecular formula is C13H20N2OS. The van der Waals surface area contributed by atoms with Gasteiger partial charge >= 0.3 is 0 Å². The fourth-order valence-electron chi connectivity index (χ4n) is 2.01. The molecule has 1 aliphatic rings. The molecule has 1 heterocycles. The zero-order valence-corrected chi connectivity index (χ0v) is 11.1. The third-order valence-corrected chi connectivity index (χ3v) is 4.00. The van der Waals surface area contributed by atoms with Gasteiger partial charge in [0.05, 0.1) is 18.0 Å². The van der Waals surface area contributed by atoms with Gasteiger partial charge in [-0.1, -0.05) is 6.07 Å². The number of hydrogen-bond acceptors (Lipinski definition) is 4. The Morgan fingerprint density at radius 3 is 2.88 bits per heavy atom. The number of hydrogen-bond donors (Lipinski definition) is 2. The normalized spacial score (nSPS) is 16.8. The van der Waals surface area contributed by atoms with Crippen LogP contribution in [-0.4, -0.2) is 24.2 Å². The highest BCUT2D eigenvalue weighted by atomic mass is 32.2. The summed E-state index contributed by atoms with van der Waals surface area (Å²) in [4.78, 5) is 0. The lowest BCUT2D eigenvalue weighted by molar-refractivity contribution is 0.342. The summed E-state index contributed by atoms with van der Waals surface area (Å²) >= 11 is 2.03. The summed E-state index contributed by atoms with van der Waals surface area (Å²) in [6.07, 6.45) is 2.42. The first kappa shape index (κ1) is 12.4. The topological polar surface area (TPSA) is 47.3 Å². The van der Waals surface area contributed by atoms with E-state index in [9.17, 15) is 0 Å². The largest absolute Gasteiger partial charge is 0.492 e. The number of thioether (sulfide) groups is 1. The Bertz CT molecular complexity index is 364. The molecule has 4 heteroatoms. The number of nitrogens with one attached hydrogen (secondary N) is 1. The molecule has 1 saturated heterocycles. The molecule has 1 aromatic carbocycles. The predicted octanol–water partition coefficient (Wildman–Crippen LogP) is 2.98. The molecule has 0 unspecified atom stereocenters. The van der Waals surface area contributed by atoms with E-state index in [1.54, 1.807) is 0 Å². The van der Waals surface area contributed by atoms with E-state index in [0.29, 0.717) is 12.6 Å². The van der Waals surface area contributed by atoms with E-state index < -0.39 is 0 Å². The van der Waals surface area contributed by atoms with Gasteiger partial charge in [-0.3, -0.25) is 0 Å². The number of para-hydroxylation sites is 1. The molecule has 1 fully saturated rings. The minimum absolute atomic E-state index is 0.551. The molecular weight excluding hydrogens is 232 g/mol. The van der Waals surface area contributed by atoms with Crippen molar-refractivity contribution in [3.63, 3.8) is 0 Å². The Labute approximate surface area is 107 Å². The molecule has 0 amide bonds. The molecule has 0 atom stereocenters. The van der Waals surface area contributed by atoms with Gasteiger partial charge in [0.1, 0.15) is 5.75 Å². The first-order valence-corrected chi connectivity index (χ1v) is 7.32. The van der Waals surface area contributed by atoms with E-state index in [0.717, 1.165) is 17.1 Å². The van der Waals surface area contributed by atoms with Gasteiger partial charge in [-0.15, -0.1) is 0 Å². The molecule has 3 N–H and O–H groups in total. The van der Waals surface area contributed by atoms with Crippen molar-refractivity contribution < 1.29 is 4.74 Å². The average Bonchev–Trinajstić information content (AvgIpc) is 2.36. The van der Waals surface area contributed by atoms with E-state index in [2.05, 4.69) is 5.32 Å². The summed E-state index contributed by atoms with van der Waals surface area (Å²) in [6, 6.07) is 6.48. The first-order valence-electron chi connectivity index (χ1n) is 6.17. The Hall–Kier alpha value is -1.03. The highest BCUT2D eigenvalue weighted by Gasteiger charge is 2.15. The highest BCUT2D eigenvalue weighted by Crippen LogP contribution is 2.31. The molecule has 0 spiro atoms. The number of rotatable bonds is 4. The Balaban J connectivity index is 2.06. The van der Waals surface area contributed by atoms with Crippen LogP contribution in [0.3, 0.4) is 0 Å². The van der Waals surface area contributed by atoms with Crippen molar-refractivity contribution in [1.29, 1.82) is 0 Å². The molecule has 0 saturated carbocycles. The number of ether oxygens (including phenoxy) is 1. The summed E-state index contributed by atoms with van der Waals surface area (Å²) < 4.78 is 5.50. The van der Waals surface area contributed by atoms with Crippen LogP contribution in [0.2, 0.25) is 0 Å². The maximum absolute atomic E-state index is 6.09. The monoisotopic (exact) mass is 252 g/mol. The van der Waals surface area contributed by atoms with Crippen LogP contribution in [0.15, 0.2) is 18.2 Å². The smallest absolute Gasteiger partial charge is 0.144 e. The van der Waals surface area contributed by atoms with E-state index in [1.807, 2.05) is 36.9 Å². The highest BCUT2D eigenvalue weighted by molar-refractivity contribution is 7.99. The lowest BCUT2D eigenvalue weighted by atomic mass is 10.1. The molecule has 1 aliphatic heterocycles. The molecule has 94 valence electrons. The maximum Gasteiger partial charge on any atom is 0.144 e. The van der Waals surface area contributed by atoms with Crippen molar-refractivity contribution in [1.82, 2.24) is 0 Å². The second-order valence-electron chi connectivity index (χ2n) is 4.18. The van der Waals surface area contributed by atoms with Gasteiger partial charge in [-0.25, -0.2) is 0 Å². The van der Waals surface area contributed by atoms with E-state index >= 15 is 0 Å². The van der Waals surface area contributed by atoms with Gasteiger partial charge < -0.3 is 15.8 Å². The fraction of sp³-hybridized carbons (Fsp3) is 0.538. The van der Waals surface area contributed by atoms with Crippen molar-refractivity contribution in [2.75, 3.05) is 29.2 Å². The second kappa shape index (κ2) is 6.05. The fourth-order valence-corrected chi connectivity index (χ4v) is 3.12. The number of nitrogen functional groups attached to an aromatic ring is 1. The van der Waals surface area contributed by atoms with Gasteiger partial charge in [-0.2, -0.15) is 11.8 Å². The quantitative estimate of drug-likeness (QED) is 0.809. The second-order valence-corrected chi connectivity index (χ2v) is 5.41. The van der Waals surface area contributed by atoms with Crippen molar-refractivity contribution >= 4 is 23.1 Å². The van der Waals surface area contributed by atoms with Crippen molar-refractivity contribution in [3.05, 3.63) is 18.2 Å². The van der Waals surface area contributed by atoms with Crippen molar-refractivity contribution in [3.8, 4) is 5.75 Å². The standard InChI is InChI=1S/C13H20N2OS/c1-2-16-12-5-3-4-11(13(12)14)15-10-6-8-17-9-7-10/h3-5,10,15H,2,6-9,14H2,1H3. The van der Waals surface area contributed by atoms with Gasteiger partial charge in [0.2, 0.25) is 0 Å². The molecule has 0 bridgehead atoms. The molecule has 3 nitrogen and oxygen atoms in total. The van der Waals surface area contributed by atoms with Crippen molar-refractivity contribution in [2.45, 2.75) is 25.8 Å². The average molecular weight is 252 g/mol. The van der Waals surface area contributed by atoms with Crippen LogP contribution in [-0.2, 0) is 0 Å². The van der Waals surface area contributed by atoms with E-state index in [-0.39, 0.29) is 0 Å². The first-order chi connectivity index (χ1) is 8.31. The van der Waals surface area contributed by atoms with Crippen molar-refractivity contribution in [2.24, 2.45) is 0 Å². The number of benzene rings is 1. The molecule has 0 aromatic heterocycles. The number of nitrogens with two attached hydrogens (primary N) is 1. The van der Waals surface area contributed by atoms with E-state index in [1.165, 1.54) is 24.3 Å². The predicted molar refractivity (Wildman–Crippen MR) is 76.0 cm³/mol.